The van der Waals surface area contributed by atoms with Crippen LogP contribution in [0.5, 0.6) is 0 Å². The summed E-state index contributed by atoms with van der Waals surface area (Å²) in [6, 6.07) is 12.5. The Morgan fingerprint density at radius 3 is 2.50 bits per heavy atom. The van der Waals surface area contributed by atoms with E-state index in [0.717, 1.165) is 35.1 Å². The largest absolute Gasteiger partial charge is 0.478 e. The van der Waals surface area contributed by atoms with Gasteiger partial charge in [0, 0.05) is 28.6 Å². The fourth-order valence-corrected chi connectivity index (χ4v) is 5.88. The monoisotopic (exact) mass is 552 g/mol. The van der Waals surface area contributed by atoms with Crippen LogP contribution < -0.4 is 0 Å². The number of aliphatic hydroxyl groups is 1. The van der Waals surface area contributed by atoms with Gasteiger partial charge >= 0.3 is 5.97 Å². The predicted octanol–water partition coefficient (Wildman–Crippen LogP) is 7.12. The van der Waals surface area contributed by atoms with Crippen LogP contribution in [-0.2, 0) is 16.9 Å². The Labute approximate surface area is 229 Å². The second kappa shape index (κ2) is 9.97. The molecule has 0 unspecified atom stereocenters. The van der Waals surface area contributed by atoms with Gasteiger partial charge in [-0.05, 0) is 68.4 Å². The van der Waals surface area contributed by atoms with Crippen LogP contribution in [0.3, 0.4) is 0 Å². The topological polar surface area (TPSA) is 106 Å². The normalized spacial score (nSPS) is 21.6. The third-order valence-electron chi connectivity index (χ3n) is 7.66. The Hall–Kier alpha value is -2.97. The first-order valence-electron chi connectivity index (χ1n) is 12.7. The number of carbonyl (C=O) groups is 1. The zero-order chi connectivity index (χ0) is 26.4. The van der Waals surface area contributed by atoms with Crippen molar-refractivity contribution in [2.75, 3.05) is 0 Å². The molecule has 4 aromatic rings. The van der Waals surface area contributed by atoms with Crippen molar-refractivity contribution in [1.82, 2.24) is 10.1 Å². The van der Waals surface area contributed by atoms with E-state index in [1.807, 2.05) is 18.2 Å². The molecule has 38 heavy (non-hydrogen) atoms. The molecule has 2 aliphatic rings. The Morgan fingerprint density at radius 1 is 1.08 bits per heavy atom. The quantitative estimate of drug-likeness (QED) is 0.251. The molecule has 6 rings (SSSR count). The van der Waals surface area contributed by atoms with Gasteiger partial charge in [0.25, 0.3) is 0 Å². The van der Waals surface area contributed by atoms with E-state index in [2.05, 4.69) is 10.1 Å². The number of ether oxygens (including phenoxy) is 1. The van der Waals surface area contributed by atoms with Gasteiger partial charge in [-0.3, -0.25) is 4.98 Å². The number of aromatic nitrogens is 2. The van der Waals surface area contributed by atoms with Gasteiger partial charge in [-0.15, -0.1) is 0 Å². The second-order valence-corrected chi connectivity index (χ2v) is 11.0. The number of rotatable bonds is 7. The average molecular weight is 553 g/mol. The number of aromatic carboxylic acids is 1. The van der Waals surface area contributed by atoms with E-state index in [9.17, 15) is 15.0 Å². The van der Waals surface area contributed by atoms with E-state index in [0.29, 0.717) is 65.0 Å². The molecule has 0 radical (unpaired) electrons. The molecule has 2 aliphatic carbocycles. The highest BCUT2D eigenvalue weighted by molar-refractivity contribution is 6.39. The van der Waals surface area contributed by atoms with Crippen LogP contribution in [-0.4, -0.2) is 32.4 Å². The van der Waals surface area contributed by atoms with Crippen molar-refractivity contribution in [2.45, 2.75) is 62.8 Å². The molecule has 0 amide bonds. The molecule has 0 spiro atoms. The van der Waals surface area contributed by atoms with Gasteiger partial charge in [0.15, 0.2) is 0 Å². The first-order chi connectivity index (χ1) is 18.3. The number of nitrogens with zero attached hydrogens (tertiary/aromatic N) is 2. The lowest BCUT2D eigenvalue weighted by Crippen LogP contribution is -2.34. The van der Waals surface area contributed by atoms with Crippen LogP contribution in [0.15, 0.2) is 53.2 Å². The van der Waals surface area contributed by atoms with Crippen LogP contribution >= 0.6 is 23.2 Å². The number of carboxylic acids is 1. The lowest BCUT2D eigenvalue weighted by Gasteiger charge is -2.36. The van der Waals surface area contributed by atoms with Crippen LogP contribution in [0.2, 0.25) is 10.0 Å². The number of pyridine rings is 1. The smallest absolute Gasteiger partial charge is 0.337 e. The highest BCUT2D eigenvalue weighted by Crippen LogP contribution is 2.46. The van der Waals surface area contributed by atoms with E-state index < -0.39 is 11.6 Å². The summed E-state index contributed by atoms with van der Waals surface area (Å²) in [7, 11) is 0. The maximum atomic E-state index is 11.5. The average Bonchev–Trinajstić information content (AvgIpc) is 3.68. The summed E-state index contributed by atoms with van der Waals surface area (Å²) >= 11 is 12.9. The molecule has 2 saturated carbocycles. The number of hydrogen-bond acceptors (Lipinski definition) is 6. The van der Waals surface area contributed by atoms with Gasteiger partial charge in [-0.2, -0.15) is 0 Å². The first-order valence-corrected chi connectivity index (χ1v) is 13.5. The van der Waals surface area contributed by atoms with E-state index in [-0.39, 0.29) is 11.7 Å². The molecular weight excluding hydrogens is 527 g/mol. The summed E-state index contributed by atoms with van der Waals surface area (Å²) in [4.78, 5) is 15.5. The van der Waals surface area contributed by atoms with Crippen LogP contribution in [0.25, 0.3) is 22.2 Å². The fraction of sp³-hybridized carbons (Fsp3) is 0.345. The number of halogens is 2. The zero-order valence-electron chi connectivity index (χ0n) is 20.5. The molecule has 0 atom stereocenters. The summed E-state index contributed by atoms with van der Waals surface area (Å²) < 4.78 is 12.1. The molecule has 2 aromatic carbocycles. The van der Waals surface area contributed by atoms with Gasteiger partial charge in [-0.25, -0.2) is 4.79 Å². The molecule has 196 valence electrons. The third kappa shape index (κ3) is 4.80. The SMILES string of the molecule is O=C(O)c1cnc2cc([C@]3(O)CC[C@@H](OCc4c(-c5c(Cl)cccc5Cl)noc4C4CC4)CC3)ccc2c1. The van der Waals surface area contributed by atoms with Gasteiger partial charge in [-0.1, -0.05) is 46.6 Å². The Kier molecular flexibility index (Phi) is 6.64. The maximum Gasteiger partial charge on any atom is 0.337 e. The van der Waals surface area contributed by atoms with E-state index in [4.69, 9.17) is 32.5 Å². The molecule has 0 bridgehead atoms. The molecule has 7 nitrogen and oxygen atoms in total. The predicted molar refractivity (Wildman–Crippen MR) is 144 cm³/mol. The van der Waals surface area contributed by atoms with Crippen molar-refractivity contribution >= 4 is 40.1 Å². The number of fused-ring (bicyclic) bond motifs is 1. The molecular formula is C29H26Cl2N2O5. The van der Waals surface area contributed by atoms with E-state index >= 15 is 0 Å². The summed E-state index contributed by atoms with van der Waals surface area (Å²) in [6.45, 7) is 0.334. The summed E-state index contributed by atoms with van der Waals surface area (Å²) in [5.74, 6) is 0.177. The van der Waals surface area contributed by atoms with Crippen molar-refractivity contribution in [1.29, 1.82) is 0 Å². The number of carboxylic acid groups (broad SMARTS) is 1. The molecule has 2 heterocycles. The molecule has 0 aliphatic heterocycles. The van der Waals surface area contributed by atoms with Gasteiger partial charge in [0.05, 0.1) is 39.4 Å². The highest BCUT2D eigenvalue weighted by Gasteiger charge is 2.37. The zero-order valence-corrected chi connectivity index (χ0v) is 22.0. The van der Waals surface area contributed by atoms with Crippen LogP contribution in [0.1, 0.15) is 71.7 Å². The molecule has 0 saturated heterocycles. The minimum atomic E-state index is -1.02. The van der Waals surface area contributed by atoms with Crippen molar-refractivity contribution in [3.8, 4) is 11.3 Å². The molecule has 2 aromatic heterocycles. The lowest BCUT2D eigenvalue weighted by molar-refractivity contribution is -0.0640. The van der Waals surface area contributed by atoms with Crippen molar-refractivity contribution in [3.63, 3.8) is 0 Å². The molecule has 9 heteroatoms. The number of benzene rings is 2. The Balaban J connectivity index is 1.16. The first kappa shape index (κ1) is 25.3. The minimum Gasteiger partial charge on any atom is -0.478 e. The molecule has 2 N–H and O–H groups in total. The Morgan fingerprint density at radius 2 is 1.82 bits per heavy atom. The second-order valence-electron chi connectivity index (χ2n) is 10.2. The maximum absolute atomic E-state index is 11.5. The summed E-state index contributed by atoms with van der Waals surface area (Å²) in [5, 5.41) is 26.8. The van der Waals surface area contributed by atoms with Gasteiger partial charge < -0.3 is 19.5 Å². The minimum absolute atomic E-state index is 0.0245. The van der Waals surface area contributed by atoms with Gasteiger partial charge in [0.2, 0.25) is 0 Å². The third-order valence-corrected chi connectivity index (χ3v) is 8.29. The van der Waals surface area contributed by atoms with Crippen molar-refractivity contribution in [3.05, 3.63) is 81.2 Å². The standard InChI is InChI=1S/C29H26Cl2N2O5/c30-22-2-1-3-23(31)25(22)26-21(27(38-33-26)16-4-5-16)15-37-20-8-10-29(36,11-9-20)19-7-6-17-12-18(28(34)35)14-32-24(17)13-19/h1-3,6-7,12-14,16,20,36H,4-5,8-11,15H2,(H,34,35)/t20-,29+. The Bertz CT molecular complexity index is 1500. The summed E-state index contributed by atoms with van der Waals surface area (Å²) in [6.07, 6.45) is 5.89. The van der Waals surface area contributed by atoms with Crippen molar-refractivity contribution < 1.29 is 24.3 Å². The van der Waals surface area contributed by atoms with E-state index in [1.54, 1.807) is 24.3 Å². The lowest BCUT2D eigenvalue weighted by atomic mass is 9.78. The number of hydrogen-bond donors (Lipinski definition) is 2. The highest BCUT2D eigenvalue weighted by atomic mass is 35.5. The summed E-state index contributed by atoms with van der Waals surface area (Å²) in [5.41, 5.74) is 2.76. The van der Waals surface area contributed by atoms with E-state index in [1.165, 1.54) is 6.20 Å². The van der Waals surface area contributed by atoms with Crippen molar-refractivity contribution in [2.24, 2.45) is 0 Å². The van der Waals surface area contributed by atoms with Crippen LogP contribution in [0, 0.1) is 0 Å². The van der Waals surface area contributed by atoms with Gasteiger partial charge in [0.1, 0.15) is 11.5 Å². The molecule has 2 fully saturated rings. The van der Waals surface area contributed by atoms with Crippen LogP contribution in [0.4, 0.5) is 0 Å². The fourth-order valence-electron chi connectivity index (χ4n) is 5.30.